The fourth-order valence-corrected chi connectivity index (χ4v) is 2.57. The van der Waals surface area contributed by atoms with Crippen molar-refractivity contribution in [3.8, 4) is 5.75 Å². The fraction of sp³-hybridized carbons (Fsp3) is 0.389. The molecule has 0 aromatic heterocycles. The second-order valence-electron chi connectivity index (χ2n) is 6.72. The van der Waals surface area contributed by atoms with E-state index < -0.39 is 5.97 Å². The molecule has 3 nitrogen and oxygen atoms in total. The first kappa shape index (κ1) is 15.4. The van der Waals surface area contributed by atoms with Gasteiger partial charge in [0.2, 0.25) is 0 Å². The second kappa shape index (κ2) is 5.76. The van der Waals surface area contributed by atoms with Crippen LogP contribution in [0.3, 0.4) is 0 Å². The van der Waals surface area contributed by atoms with Gasteiger partial charge in [-0.3, -0.25) is 0 Å². The first-order chi connectivity index (χ1) is 9.74. The van der Waals surface area contributed by atoms with E-state index in [2.05, 4.69) is 27.7 Å². The van der Waals surface area contributed by atoms with Crippen molar-refractivity contribution in [3.63, 3.8) is 0 Å². The average Bonchev–Trinajstić information content (AvgIpc) is 2.35. The van der Waals surface area contributed by atoms with E-state index in [9.17, 15) is 4.79 Å². The summed E-state index contributed by atoms with van der Waals surface area (Å²) in [6, 6.07) is 10.9. The van der Waals surface area contributed by atoms with E-state index in [1.165, 1.54) is 0 Å². The van der Waals surface area contributed by atoms with Crippen LogP contribution in [0, 0.1) is 5.41 Å². The summed E-state index contributed by atoms with van der Waals surface area (Å²) in [6.45, 7) is 8.66. The molecule has 0 heterocycles. The van der Waals surface area contributed by atoms with Crippen molar-refractivity contribution in [2.45, 2.75) is 40.2 Å². The molecule has 2 aromatic rings. The Morgan fingerprint density at radius 2 is 1.76 bits per heavy atom. The summed E-state index contributed by atoms with van der Waals surface area (Å²) in [6.07, 6.45) is 1.11. The van der Waals surface area contributed by atoms with E-state index in [4.69, 9.17) is 9.84 Å². The molecule has 0 amide bonds. The number of carboxylic acid groups (broad SMARTS) is 1. The fourth-order valence-electron chi connectivity index (χ4n) is 2.57. The lowest BCUT2D eigenvalue weighted by atomic mass is 9.90. The van der Waals surface area contributed by atoms with Gasteiger partial charge >= 0.3 is 5.97 Å². The highest BCUT2D eigenvalue weighted by molar-refractivity contribution is 5.94. The number of hydrogen-bond acceptors (Lipinski definition) is 2. The van der Waals surface area contributed by atoms with Crippen molar-refractivity contribution in [2.75, 3.05) is 0 Å². The zero-order valence-electron chi connectivity index (χ0n) is 13.0. The highest BCUT2D eigenvalue weighted by Crippen LogP contribution is 2.26. The molecule has 0 saturated heterocycles. The lowest BCUT2D eigenvalue weighted by Gasteiger charge is -2.24. The molecule has 1 atom stereocenters. The lowest BCUT2D eigenvalue weighted by Crippen LogP contribution is -2.20. The smallest absolute Gasteiger partial charge is 0.335 e. The molecule has 1 N–H and O–H groups in total. The third kappa shape index (κ3) is 4.22. The molecule has 0 aliphatic carbocycles. The average molecular weight is 286 g/mol. The van der Waals surface area contributed by atoms with E-state index in [0.717, 1.165) is 22.9 Å². The van der Waals surface area contributed by atoms with Gasteiger partial charge in [0, 0.05) is 0 Å². The number of fused-ring (bicyclic) bond motifs is 1. The minimum absolute atomic E-state index is 0.140. The normalized spacial score (nSPS) is 13.1. The summed E-state index contributed by atoms with van der Waals surface area (Å²) in [5, 5.41) is 10.9. The summed E-state index contributed by atoms with van der Waals surface area (Å²) in [4.78, 5) is 11.0. The van der Waals surface area contributed by atoms with Gasteiger partial charge in [-0.15, -0.1) is 0 Å². The van der Waals surface area contributed by atoms with Crippen molar-refractivity contribution in [2.24, 2.45) is 5.41 Å². The van der Waals surface area contributed by atoms with E-state index in [1.807, 2.05) is 24.3 Å². The molecule has 2 aromatic carbocycles. The molecule has 3 heteroatoms. The zero-order chi connectivity index (χ0) is 15.6. The van der Waals surface area contributed by atoms with Gasteiger partial charge in [-0.05, 0) is 53.8 Å². The Labute approximate surface area is 125 Å². The van der Waals surface area contributed by atoms with Crippen LogP contribution in [0.15, 0.2) is 36.4 Å². The van der Waals surface area contributed by atoms with Gasteiger partial charge in [-0.1, -0.05) is 32.9 Å². The number of carboxylic acids is 1. The van der Waals surface area contributed by atoms with Crippen molar-refractivity contribution in [3.05, 3.63) is 42.0 Å². The first-order valence-electron chi connectivity index (χ1n) is 7.18. The molecular formula is C18H22O3. The maximum absolute atomic E-state index is 11.0. The van der Waals surface area contributed by atoms with Gasteiger partial charge in [0.25, 0.3) is 0 Å². The quantitative estimate of drug-likeness (QED) is 0.883. The Kier molecular flexibility index (Phi) is 4.21. The van der Waals surface area contributed by atoms with Crippen LogP contribution in [0.5, 0.6) is 5.75 Å². The van der Waals surface area contributed by atoms with Crippen LogP contribution < -0.4 is 4.74 Å². The minimum atomic E-state index is -0.906. The number of benzene rings is 2. The number of ether oxygens (including phenoxy) is 1. The van der Waals surface area contributed by atoms with Crippen LogP contribution in [0.2, 0.25) is 0 Å². The summed E-state index contributed by atoms with van der Waals surface area (Å²) in [5.74, 6) is -0.0849. The Balaban J connectivity index is 2.19. The van der Waals surface area contributed by atoms with E-state index in [0.29, 0.717) is 5.56 Å². The Hall–Kier alpha value is -2.03. The van der Waals surface area contributed by atoms with Crippen molar-refractivity contribution < 1.29 is 14.6 Å². The summed E-state index contributed by atoms with van der Waals surface area (Å²) in [7, 11) is 0. The second-order valence-corrected chi connectivity index (χ2v) is 6.72. The van der Waals surface area contributed by atoms with Gasteiger partial charge in [-0.25, -0.2) is 4.79 Å². The molecule has 0 aliphatic heterocycles. The van der Waals surface area contributed by atoms with Gasteiger partial charge < -0.3 is 9.84 Å². The van der Waals surface area contributed by atoms with Crippen molar-refractivity contribution in [1.29, 1.82) is 0 Å². The highest BCUT2D eigenvalue weighted by atomic mass is 16.5. The molecule has 21 heavy (non-hydrogen) atoms. The number of hydrogen-bond donors (Lipinski definition) is 1. The third-order valence-electron chi connectivity index (χ3n) is 3.30. The Morgan fingerprint density at radius 3 is 2.38 bits per heavy atom. The molecule has 1 unspecified atom stereocenters. The Morgan fingerprint density at radius 1 is 1.14 bits per heavy atom. The molecule has 0 radical (unpaired) electrons. The molecular weight excluding hydrogens is 264 g/mol. The van der Waals surface area contributed by atoms with Crippen LogP contribution in [-0.4, -0.2) is 17.2 Å². The summed E-state index contributed by atoms with van der Waals surface area (Å²) < 4.78 is 5.96. The standard InChI is InChI=1S/C18H22O3/c1-12(11-18(2,3)4)21-16-8-7-13-9-15(17(19)20)6-5-14(13)10-16/h5-10,12H,11H2,1-4H3,(H,19,20). The number of rotatable bonds is 4. The molecule has 0 bridgehead atoms. The maximum atomic E-state index is 11.0. The topological polar surface area (TPSA) is 46.5 Å². The van der Waals surface area contributed by atoms with Crippen LogP contribution >= 0.6 is 0 Å². The predicted molar refractivity (Wildman–Crippen MR) is 85.1 cm³/mol. The predicted octanol–water partition coefficient (Wildman–Crippen LogP) is 4.74. The van der Waals surface area contributed by atoms with Crippen LogP contribution in [0.1, 0.15) is 44.5 Å². The monoisotopic (exact) mass is 286 g/mol. The summed E-state index contributed by atoms with van der Waals surface area (Å²) in [5.41, 5.74) is 0.532. The molecule has 112 valence electrons. The van der Waals surface area contributed by atoms with E-state index >= 15 is 0 Å². The Bertz CT molecular complexity index is 653. The number of aromatic carboxylic acids is 1. The van der Waals surface area contributed by atoms with Gasteiger partial charge in [-0.2, -0.15) is 0 Å². The van der Waals surface area contributed by atoms with Crippen LogP contribution in [-0.2, 0) is 0 Å². The lowest BCUT2D eigenvalue weighted by molar-refractivity contribution is 0.0697. The van der Waals surface area contributed by atoms with E-state index in [1.54, 1.807) is 12.1 Å². The van der Waals surface area contributed by atoms with Crippen molar-refractivity contribution in [1.82, 2.24) is 0 Å². The molecule has 0 fully saturated rings. The minimum Gasteiger partial charge on any atom is -0.491 e. The maximum Gasteiger partial charge on any atom is 0.335 e. The SMILES string of the molecule is CC(CC(C)(C)C)Oc1ccc2cc(C(=O)O)ccc2c1. The number of carbonyl (C=O) groups is 1. The molecule has 2 rings (SSSR count). The third-order valence-corrected chi connectivity index (χ3v) is 3.30. The molecule has 0 spiro atoms. The summed E-state index contributed by atoms with van der Waals surface area (Å²) >= 11 is 0. The largest absolute Gasteiger partial charge is 0.491 e. The van der Waals surface area contributed by atoms with Crippen LogP contribution in [0.4, 0.5) is 0 Å². The molecule has 0 saturated carbocycles. The van der Waals surface area contributed by atoms with E-state index in [-0.39, 0.29) is 11.5 Å². The van der Waals surface area contributed by atoms with Gasteiger partial charge in [0.05, 0.1) is 11.7 Å². The first-order valence-corrected chi connectivity index (χ1v) is 7.18. The van der Waals surface area contributed by atoms with Crippen molar-refractivity contribution >= 4 is 16.7 Å². The highest BCUT2D eigenvalue weighted by Gasteiger charge is 2.16. The van der Waals surface area contributed by atoms with Crippen LogP contribution in [0.25, 0.3) is 10.8 Å². The molecule has 0 aliphatic rings. The van der Waals surface area contributed by atoms with Gasteiger partial charge in [0.15, 0.2) is 0 Å². The zero-order valence-corrected chi connectivity index (χ0v) is 13.0. The van der Waals surface area contributed by atoms with Gasteiger partial charge in [0.1, 0.15) is 5.75 Å².